The molecule has 1 amide bonds. The Bertz CT molecular complexity index is 1150. The molecule has 0 aromatic heterocycles. The van der Waals surface area contributed by atoms with E-state index in [9.17, 15) is 9.59 Å². The Balaban J connectivity index is 3.07. The monoisotopic (exact) mass is 625 g/mol. The van der Waals surface area contributed by atoms with Gasteiger partial charge in [-0.2, -0.15) is 0 Å². The number of hydrogen-bond acceptors (Lipinski definition) is 5. The van der Waals surface area contributed by atoms with Crippen LogP contribution in [0, 0.1) is 11.8 Å². The summed E-state index contributed by atoms with van der Waals surface area (Å²) in [4.78, 5) is 27.5. The molecule has 1 aromatic carbocycles. The second-order valence-electron chi connectivity index (χ2n) is 13.4. The Labute approximate surface area is 269 Å². The smallest absolute Gasteiger partial charge is 0.329 e. The maximum atomic E-state index is 13.3. The largest absolute Gasteiger partial charge is 0.460 e. The second-order valence-corrected chi connectivity index (χ2v) is 18.1. The molecular formula is C37H59NO5Si. The number of likely N-dealkylation sites (N-methyl/N-ethyl adjacent to an activating group) is 1. The van der Waals surface area contributed by atoms with Gasteiger partial charge in [-0.05, 0) is 55.5 Å². The molecule has 7 heteroatoms. The number of benzene rings is 1. The summed E-state index contributed by atoms with van der Waals surface area (Å²) in [6.07, 6.45) is 10.8. The molecular weight excluding hydrogens is 566 g/mol. The number of nitrogens with zero attached hydrogens (tertiary/aromatic N) is 1. The summed E-state index contributed by atoms with van der Waals surface area (Å²) >= 11 is 0. The number of hydrogen-bond donors (Lipinski definition) is 0. The first kappa shape index (κ1) is 39.3. The normalized spacial score (nSPS) is 16.6. The van der Waals surface area contributed by atoms with Crippen LogP contribution in [-0.2, 0) is 23.5 Å². The summed E-state index contributed by atoms with van der Waals surface area (Å²) in [6, 6.07) is 9.80. The molecule has 0 radical (unpaired) electrons. The lowest BCUT2D eigenvalue weighted by Crippen LogP contribution is -2.47. The summed E-state index contributed by atoms with van der Waals surface area (Å²) in [6.45, 7) is 25.1. The third kappa shape index (κ3) is 11.6. The van der Waals surface area contributed by atoms with E-state index < -0.39 is 20.3 Å². The van der Waals surface area contributed by atoms with E-state index in [1.807, 2.05) is 32.9 Å². The Kier molecular flexibility index (Phi) is 16.3. The van der Waals surface area contributed by atoms with Crippen LogP contribution in [0.15, 0.2) is 78.4 Å². The van der Waals surface area contributed by atoms with E-state index in [0.717, 1.165) is 12.0 Å². The van der Waals surface area contributed by atoms with Crippen molar-refractivity contribution in [2.75, 3.05) is 20.8 Å². The summed E-state index contributed by atoms with van der Waals surface area (Å²) in [7, 11) is 1.34. The van der Waals surface area contributed by atoms with Crippen molar-refractivity contribution in [3.8, 4) is 0 Å². The van der Waals surface area contributed by atoms with Gasteiger partial charge in [-0.25, -0.2) is 4.79 Å². The highest BCUT2D eigenvalue weighted by atomic mass is 28.4. The predicted molar refractivity (Wildman–Crippen MR) is 186 cm³/mol. The number of esters is 1. The molecule has 0 aliphatic heterocycles. The van der Waals surface area contributed by atoms with E-state index in [-0.39, 0.29) is 41.6 Å². The van der Waals surface area contributed by atoms with Crippen molar-refractivity contribution in [2.45, 2.75) is 105 Å². The zero-order valence-corrected chi connectivity index (χ0v) is 30.5. The van der Waals surface area contributed by atoms with Crippen LogP contribution >= 0.6 is 0 Å². The van der Waals surface area contributed by atoms with Crippen LogP contribution in [0.4, 0.5) is 0 Å². The third-order valence-electron chi connectivity index (χ3n) is 8.88. The van der Waals surface area contributed by atoms with Gasteiger partial charge >= 0.3 is 5.97 Å². The molecule has 0 bridgehead atoms. The quantitative estimate of drug-likeness (QED) is 0.0569. The topological polar surface area (TPSA) is 65.1 Å². The van der Waals surface area contributed by atoms with Gasteiger partial charge in [0.1, 0.15) is 12.6 Å². The first-order chi connectivity index (χ1) is 20.5. The van der Waals surface area contributed by atoms with E-state index in [1.165, 1.54) is 16.5 Å². The fraction of sp³-hybridized carbons (Fsp3) is 0.568. The van der Waals surface area contributed by atoms with Crippen molar-refractivity contribution in [1.82, 2.24) is 4.90 Å². The van der Waals surface area contributed by atoms with Crippen molar-refractivity contribution in [3.05, 3.63) is 84.0 Å². The molecule has 0 spiro atoms. The predicted octanol–water partition coefficient (Wildman–Crippen LogP) is 8.84. The number of ether oxygens (including phenoxy) is 2. The van der Waals surface area contributed by atoms with E-state index in [1.54, 1.807) is 21.1 Å². The lowest BCUT2D eigenvalue weighted by Gasteiger charge is -2.40. The van der Waals surface area contributed by atoms with Crippen molar-refractivity contribution < 1.29 is 23.5 Å². The van der Waals surface area contributed by atoms with Crippen molar-refractivity contribution >= 4 is 20.2 Å². The van der Waals surface area contributed by atoms with Crippen molar-refractivity contribution in [2.24, 2.45) is 11.8 Å². The molecule has 0 aliphatic rings. The number of carbonyl (C=O) groups excluding carboxylic acids is 2. The van der Waals surface area contributed by atoms with Gasteiger partial charge in [-0.15, -0.1) is 0 Å². The Morgan fingerprint density at radius 1 is 1.09 bits per heavy atom. The molecule has 0 N–H and O–H groups in total. The standard InChI is InChI=1S/C37H59NO5Si/c1-14-26-42-36(40)33(27(3)15-2)38(10)35(39)30(6)24-25-32(41-11)28(4)20-19-21-29(5)34(31-22-17-16-18-23-31)43-44(12,13)37(7,8)9/h14,16-24,27,29,32-34H,1,15,25-26H2,2-13H3/b21-19+,28-20+,30-24+/t27-,29+,32+,33-,34-/m0/s1. The molecule has 44 heavy (non-hydrogen) atoms. The molecule has 0 unspecified atom stereocenters. The van der Waals surface area contributed by atoms with Gasteiger partial charge in [-0.3, -0.25) is 4.79 Å². The average molecular weight is 626 g/mol. The molecule has 0 saturated carbocycles. The molecule has 1 aromatic rings. The molecule has 1 rings (SSSR count). The third-order valence-corrected chi connectivity index (χ3v) is 13.3. The molecule has 0 fully saturated rings. The molecule has 0 saturated heterocycles. The van der Waals surface area contributed by atoms with E-state index in [2.05, 4.69) is 89.9 Å². The zero-order chi connectivity index (χ0) is 33.7. The minimum absolute atomic E-state index is 0.0397. The fourth-order valence-corrected chi connectivity index (χ4v) is 6.01. The SMILES string of the molecule is C=CCOC(=O)[C@H]([C@@H](C)CC)N(C)C(=O)/C(C)=C/C[C@@H](OC)/C(C)=C/C=C/[C@@H](C)[C@H](O[Si](C)(C)C(C)(C)C)c1ccccc1. The van der Waals surface area contributed by atoms with Gasteiger partial charge in [0.2, 0.25) is 5.91 Å². The average Bonchev–Trinajstić information content (AvgIpc) is 2.98. The van der Waals surface area contributed by atoms with Gasteiger partial charge in [-0.1, -0.05) is 115 Å². The number of allylic oxidation sites excluding steroid dienone is 2. The van der Waals surface area contributed by atoms with Gasteiger partial charge < -0.3 is 18.8 Å². The van der Waals surface area contributed by atoms with Gasteiger partial charge in [0.25, 0.3) is 0 Å². The van der Waals surface area contributed by atoms with Crippen molar-refractivity contribution in [3.63, 3.8) is 0 Å². The lowest BCUT2D eigenvalue weighted by atomic mass is 9.96. The molecule has 0 aliphatic carbocycles. The molecule has 246 valence electrons. The summed E-state index contributed by atoms with van der Waals surface area (Å²) in [5.41, 5.74) is 2.79. The maximum absolute atomic E-state index is 13.3. The number of amides is 1. The van der Waals surface area contributed by atoms with E-state index >= 15 is 0 Å². The summed E-state index contributed by atoms with van der Waals surface area (Å²) in [5.74, 6) is -0.510. The number of rotatable bonds is 17. The Hall–Kier alpha value is -2.74. The Morgan fingerprint density at radius 2 is 1.70 bits per heavy atom. The van der Waals surface area contributed by atoms with Crippen LogP contribution < -0.4 is 0 Å². The minimum Gasteiger partial charge on any atom is -0.460 e. The van der Waals surface area contributed by atoms with Crippen molar-refractivity contribution in [1.29, 1.82) is 0 Å². The lowest BCUT2D eigenvalue weighted by molar-refractivity contribution is -0.154. The Morgan fingerprint density at radius 3 is 2.23 bits per heavy atom. The maximum Gasteiger partial charge on any atom is 0.329 e. The minimum atomic E-state index is -2.00. The molecule has 5 atom stereocenters. The van der Waals surface area contributed by atoms with Crippen LogP contribution in [0.25, 0.3) is 0 Å². The van der Waals surface area contributed by atoms with Crippen LogP contribution in [0.5, 0.6) is 0 Å². The highest BCUT2D eigenvalue weighted by molar-refractivity contribution is 6.74. The highest BCUT2D eigenvalue weighted by Gasteiger charge is 2.40. The van der Waals surface area contributed by atoms with E-state index in [4.69, 9.17) is 13.9 Å². The number of methoxy groups -OCH3 is 1. The van der Waals surface area contributed by atoms with Gasteiger partial charge in [0.15, 0.2) is 8.32 Å². The zero-order valence-electron chi connectivity index (χ0n) is 29.5. The van der Waals surface area contributed by atoms with Crippen LogP contribution in [0.2, 0.25) is 18.1 Å². The first-order valence-electron chi connectivity index (χ1n) is 15.8. The number of carbonyl (C=O) groups is 2. The summed E-state index contributed by atoms with van der Waals surface area (Å²) in [5, 5.41) is 0.109. The van der Waals surface area contributed by atoms with Gasteiger partial charge in [0, 0.05) is 25.6 Å². The fourth-order valence-electron chi connectivity index (χ4n) is 4.67. The van der Waals surface area contributed by atoms with Crippen LogP contribution in [0.3, 0.4) is 0 Å². The second kappa shape index (κ2) is 18.3. The van der Waals surface area contributed by atoms with Crippen LogP contribution in [-0.4, -0.2) is 58.0 Å². The first-order valence-corrected chi connectivity index (χ1v) is 18.7. The summed E-state index contributed by atoms with van der Waals surface area (Å²) < 4.78 is 18.0. The molecule has 6 nitrogen and oxygen atoms in total. The van der Waals surface area contributed by atoms with Crippen LogP contribution in [0.1, 0.15) is 79.9 Å². The van der Waals surface area contributed by atoms with E-state index in [0.29, 0.717) is 12.0 Å². The highest BCUT2D eigenvalue weighted by Crippen LogP contribution is 2.41. The molecule has 0 heterocycles. The van der Waals surface area contributed by atoms with Gasteiger partial charge in [0.05, 0.1) is 12.2 Å².